The highest BCUT2D eigenvalue weighted by Crippen LogP contribution is 2.38. The second-order valence-corrected chi connectivity index (χ2v) is 3.88. The molecule has 0 aliphatic heterocycles. The van der Waals surface area contributed by atoms with Crippen molar-refractivity contribution in [2.45, 2.75) is 19.2 Å². The number of hydrogen-bond donors (Lipinski definition) is 1. The van der Waals surface area contributed by atoms with Crippen LogP contribution in [0.3, 0.4) is 0 Å². The van der Waals surface area contributed by atoms with Gasteiger partial charge in [0.1, 0.15) is 0 Å². The average molecular weight is 353 g/mol. The van der Waals surface area contributed by atoms with E-state index in [4.69, 9.17) is 5.11 Å². The van der Waals surface area contributed by atoms with Gasteiger partial charge < -0.3 is 5.11 Å². The Bertz CT molecular complexity index is 393. The maximum atomic E-state index is 12.5. The van der Waals surface area contributed by atoms with E-state index in [-0.39, 0.29) is 9.26 Å². The maximum Gasteiger partial charge on any atom is 0.418 e. The molecule has 0 bridgehead atoms. The fourth-order valence-electron chi connectivity index (χ4n) is 1.09. The average Bonchev–Trinajstić information content (AvgIpc) is 2.15. The van der Waals surface area contributed by atoms with Gasteiger partial charge in [0.25, 0.3) is 6.43 Å². The van der Waals surface area contributed by atoms with Crippen molar-refractivity contribution >= 4 is 22.6 Å². The summed E-state index contributed by atoms with van der Waals surface area (Å²) in [7, 11) is 0. The first-order valence-electron chi connectivity index (χ1n) is 3.92. The third kappa shape index (κ3) is 2.59. The summed E-state index contributed by atoms with van der Waals surface area (Å²) in [5, 5.41) is 8.72. The molecule has 0 unspecified atom stereocenters. The normalized spacial score (nSPS) is 12.2. The second-order valence-electron chi connectivity index (χ2n) is 2.80. The number of rotatable bonds is 2. The molecule has 0 spiro atoms. The van der Waals surface area contributed by atoms with Crippen molar-refractivity contribution < 1.29 is 27.1 Å². The number of alkyl halides is 5. The Kier molecular flexibility index (Phi) is 4.05. The summed E-state index contributed by atoms with van der Waals surface area (Å²) in [6.45, 7) is -0.684. The summed E-state index contributed by atoms with van der Waals surface area (Å²) in [6.07, 6.45) is -7.83. The van der Waals surface area contributed by atoms with Crippen LogP contribution in [0.25, 0.3) is 0 Å². The minimum atomic E-state index is -4.88. The minimum absolute atomic E-state index is 0.191. The van der Waals surface area contributed by atoms with Crippen LogP contribution in [-0.2, 0) is 12.8 Å². The van der Waals surface area contributed by atoms with Crippen molar-refractivity contribution in [2.24, 2.45) is 0 Å². The first-order valence-corrected chi connectivity index (χ1v) is 5.00. The fraction of sp³-hybridized carbons (Fsp3) is 0.375. The van der Waals surface area contributed by atoms with Crippen molar-refractivity contribution in [3.8, 4) is 0 Å². The van der Waals surface area contributed by atoms with E-state index in [2.05, 4.69) is 4.98 Å². The van der Waals surface area contributed by atoms with Crippen molar-refractivity contribution in [3.05, 3.63) is 26.6 Å². The number of halogens is 6. The molecule has 1 rings (SSSR count). The number of aromatic nitrogens is 1. The minimum Gasteiger partial charge on any atom is -0.390 e. The molecule has 0 aromatic carbocycles. The Morgan fingerprint density at radius 2 is 1.94 bits per heavy atom. The van der Waals surface area contributed by atoms with Crippen molar-refractivity contribution in [1.82, 2.24) is 4.98 Å². The highest BCUT2D eigenvalue weighted by Gasteiger charge is 2.38. The molecule has 8 heteroatoms. The third-order valence-corrected chi connectivity index (χ3v) is 3.01. The van der Waals surface area contributed by atoms with Gasteiger partial charge in [0.2, 0.25) is 0 Å². The molecule has 1 aromatic rings. The van der Waals surface area contributed by atoms with Gasteiger partial charge in [-0.1, -0.05) is 0 Å². The summed E-state index contributed by atoms with van der Waals surface area (Å²) in [6, 6.07) is 0. The van der Waals surface area contributed by atoms with E-state index in [0.717, 1.165) is 0 Å². The lowest BCUT2D eigenvalue weighted by Crippen LogP contribution is -2.14. The van der Waals surface area contributed by atoms with Crippen LogP contribution in [0.4, 0.5) is 22.0 Å². The van der Waals surface area contributed by atoms with Gasteiger partial charge in [-0.25, -0.2) is 8.78 Å². The molecule has 1 heterocycles. The molecule has 16 heavy (non-hydrogen) atoms. The highest BCUT2D eigenvalue weighted by molar-refractivity contribution is 14.1. The number of aliphatic hydroxyl groups excluding tert-OH is 1. The van der Waals surface area contributed by atoms with E-state index >= 15 is 0 Å². The lowest BCUT2D eigenvalue weighted by molar-refractivity contribution is -0.139. The van der Waals surface area contributed by atoms with Gasteiger partial charge in [-0.2, -0.15) is 13.2 Å². The van der Waals surface area contributed by atoms with Gasteiger partial charge >= 0.3 is 6.18 Å². The molecule has 0 fully saturated rings. The van der Waals surface area contributed by atoms with Crippen LogP contribution in [0.2, 0.25) is 0 Å². The largest absolute Gasteiger partial charge is 0.418 e. The molecule has 0 radical (unpaired) electrons. The third-order valence-electron chi connectivity index (χ3n) is 1.80. The Hall–Kier alpha value is -0.510. The van der Waals surface area contributed by atoms with Crippen LogP contribution >= 0.6 is 22.6 Å². The fourth-order valence-corrected chi connectivity index (χ4v) is 1.93. The van der Waals surface area contributed by atoms with Crippen molar-refractivity contribution in [1.29, 1.82) is 0 Å². The Morgan fingerprint density at radius 1 is 1.38 bits per heavy atom. The van der Waals surface area contributed by atoms with Crippen molar-refractivity contribution in [3.63, 3.8) is 0 Å². The first-order chi connectivity index (χ1) is 7.29. The molecule has 0 aliphatic carbocycles. The van der Waals surface area contributed by atoms with E-state index in [9.17, 15) is 22.0 Å². The standard InChI is InChI=1S/C8H5F5INO/c9-7(10)5-3(8(11,12)13)1-15-4(2-16)6(5)14/h1,7,16H,2H2. The van der Waals surface area contributed by atoms with E-state index < -0.39 is 30.3 Å². The maximum absolute atomic E-state index is 12.5. The van der Waals surface area contributed by atoms with E-state index in [0.29, 0.717) is 6.20 Å². The molecule has 90 valence electrons. The summed E-state index contributed by atoms with van der Waals surface area (Å²) < 4.78 is 61.8. The predicted molar refractivity (Wildman–Crippen MR) is 52.8 cm³/mol. The highest BCUT2D eigenvalue weighted by atomic mass is 127. The topological polar surface area (TPSA) is 33.1 Å². The van der Waals surface area contributed by atoms with E-state index in [1.165, 1.54) is 22.6 Å². The number of pyridine rings is 1. The monoisotopic (exact) mass is 353 g/mol. The van der Waals surface area contributed by atoms with Gasteiger partial charge in [-0.15, -0.1) is 0 Å². The molecule has 0 amide bonds. The van der Waals surface area contributed by atoms with Crippen LogP contribution < -0.4 is 0 Å². The summed E-state index contributed by atoms with van der Waals surface area (Å²) >= 11 is 1.32. The van der Waals surface area contributed by atoms with Crippen LogP contribution in [-0.4, -0.2) is 10.1 Å². The molecular formula is C8H5F5INO. The molecule has 2 nitrogen and oxygen atoms in total. The molecular weight excluding hydrogens is 348 g/mol. The quantitative estimate of drug-likeness (QED) is 0.655. The lowest BCUT2D eigenvalue weighted by atomic mass is 10.1. The van der Waals surface area contributed by atoms with Crippen LogP contribution in [0.1, 0.15) is 23.2 Å². The summed E-state index contributed by atoms with van der Waals surface area (Å²) in [5.41, 5.74) is -2.79. The van der Waals surface area contributed by atoms with Gasteiger partial charge in [0.15, 0.2) is 0 Å². The molecule has 0 saturated heterocycles. The molecule has 0 saturated carbocycles. The summed E-state index contributed by atoms with van der Waals surface area (Å²) in [4.78, 5) is 3.30. The van der Waals surface area contributed by atoms with Gasteiger partial charge in [-0.3, -0.25) is 4.98 Å². The molecule has 0 aliphatic rings. The van der Waals surface area contributed by atoms with E-state index in [1.807, 2.05) is 0 Å². The van der Waals surface area contributed by atoms with Crippen molar-refractivity contribution in [2.75, 3.05) is 0 Å². The first kappa shape index (κ1) is 13.6. The molecule has 1 N–H and O–H groups in total. The van der Waals surface area contributed by atoms with Gasteiger partial charge in [-0.05, 0) is 22.6 Å². The SMILES string of the molecule is OCc1ncc(C(F)(F)F)c(C(F)F)c1I. The zero-order chi connectivity index (χ0) is 12.5. The Balaban J connectivity index is 3.47. The Morgan fingerprint density at radius 3 is 2.31 bits per heavy atom. The van der Waals surface area contributed by atoms with Crippen LogP contribution in [0.15, 0.2) is 6.20 Å². The number of hydrogen-bond acceptors (Lipinski definition) is 2. The zero-order valence-electron chi connectivity index (χ0n) is 7.52. The lowest BCUT2D eigenvalue weighted by Gasteiger charge is -2.15. The number of nitrogens with zero attached hydrogens (tertiary/aromatic N) is 1. The Labute approximate surface area is 101 Å². The molecule has 0 atom stereocenters. The summed E-state index contributed by atoms with van der Waals surface area (Å²) in [5.74, 6) is 0. The second kappa shape index (κ2) is 4.78. The predicted octanol–water partition coefficient (Wildman–Crippen LogP) is 3.13. The van der Waals surface area contributed by atoms with E-state index in [1.54, 1.807) is 0 Å². The van der Waals surface area contributed by atoms with Gasteiger partial charge in [0, 0.05) is 15.3 Å². The van der Waals surface area contributed by atoms with Crippen LogP contribution in [0, 0.1) is 3.57 Å². The number of aliphatic hydroxyl groups is 1. The smallest absolute Gasteiger partial charge is 0.390 e. The van der Waals surface area contributed by atoms with Crippen LogP contribution in [0.5, 0.6) is 0 Å². The van der Waals surface area contributed by atoms with Gasteiger partial charge in [0.05, 0.1) is 17.9 Å². The molecule has 1 aromatic heterocycles. The zero-order valence-corrected chi connectivity index (χ0v) is 9.68.